The second kappa shape index (κ2) is 9.30. The number of carboxylic acid groups (broad SMARTS) is 1. The molecular weight excluding hydrogens is 402 g/mol. The third-order valence-electron chi connectivity index (χ3n) is 6.32. The van der Waals surface area contributed by atoms with Gasteiger partial charge in [0.1, 0.15) is 5.69 Å². The Morgan fingerprint density at radius 3 is 2.12 bits per heavy atom. The Labute approximate surface area is 187 Å². The van der Waals surface area contributed by atoms with Gasteiger partial charge in [0.15, 0.2) is 5.69 Å². The number of carboxylic acids is 1. The minimum absolute atomic E-state index is 0.164. The van der Waals surface area contributed by atoms with Crippen LogP contribution in [-0.4, -0.2) is 27.0 Å². The van der Waals surface area contributed by atoms with Gasteiger partial charge in [-0.05, 0) is 50.0 Å². The molecule has 3 aromatic rings. The van der Waals surface area contributed by atoms with Crippen LogP contribution in [0.25, 0.3) is 22.5 Å². The van der Waals surface area contributed by atoms with E-state index in [1.165, 1.54) is 5.56 Å². The van der Waals surface area contributed by atoms with Crippen LogP contribution < -0.4 is 5.73 Å². The summed E-state index contributed by atoms with van der Waals surface area (Å²) in [6.45, 7) is 1.89. The zero-order chi connectivity index (χ0) is 22.7. The van der Waals surface area contributed by atoms with Crippen molar-refractivity contribution in [3.8, 4) is 22.5 Å². The van der Waals surface area contributed by atoms with Crippen LogP contribution in [0.1, 0.15) is 59.8 Å². The number of hydrogen-bond donors (Lipinski definition) is 2. The standard InChI is InChI=1S/C26H27N3O3/c1-16-23(29-25(26(27)32)24(28-16)20-5-3-2-4-6-20)21-13-11-19(12-14-21)18-9-7-17(8-10-18)15-22(30)31/h2-6,11-14,17-18H,7-10,15H2,1H3,(H2,27,32)(H,30,31). The highest BCUT2D eigenvalue weighted by molar-refractivity contribution is 5.97. The number of primary amides is 1. The molecule has 6 heteroatoms. The molecule has 0 saturated heterocycles. The van der Waals surface area contributed by atoms with E-state index in [4.69, 9.17) is 10.8 Å². The summed E-state index contributed by atoms with van der Waals surface area (Å²) in [5, 5.41) is 9.01. The monoisotopic (exact) mass is 429 g/mol. The number of rotatable bonds is 6. The summed E-state index contributed by atoms with van der Waals surface area (Å²) < 4.78 is 0. The number of carbonyl (C=O) groups is 2. The van der Waals surface area contributed by atoms with Gasteiger partial charge in [0, 0.05) is 17.5 Å². The van der Waals surface area contributed by atoms with Crippen LogP contribution in [0.15, 0.2) is 54.6 Å². The molecule has 1 aromatic heterocycles. The van der Waals surface area contributed by atoms with Crippen LogP contribution in [0, 0.1) is 12.8 Å². The van der Waals surface area contributed by atoms with Gasteiger partial charge in [0.25, 0.3) is 5.91 Å². The summed E-state index contributed by atoms with van der Waals surface area (Å²) >= 11 is 0. The first-order valence-corrected chi connectivity index (χ1v) is 11.0. The molecule has 6 nitrogen and oxygen atoms in total. The van der Waals surface area contributed by atoms with Crippen LogP contribution in [-0.2, 0) is 4.79 Å². The van der Waals surface area contributed by atoms with Gasteiger partial charge < -0.3 is 10.8 Å². The first-order chi connectivity index (χ1) is 15.4. The Bertz CT molecular complexity index is 1120. The highest BCUT2D eigenvalue weighted by atomic mass is 16.4. The molecule has 0 radical (unpaired) electrons. The maximum absolute atomic E-state index is 12.1. The lowest BCUT2D eigenvalue weighted by Crippen LogP contribution is -2.17. The lowest BCUT2D eigenvalue weighted by Gasteiger charge is -2.28. The quantitative estimate of drug-likeness (QED) is 0.576. The fourth-order valence-corrected chi connectivity index (χ4v) is 4.62. The number of hydrogen-bond acceptors (Lipinski definition) is 4. The summed E-state index contributed by atoms with van der Waals surface area (Å²) in [5.74, 6) is -0.575. The summed E-state index contributed by atoms with van der Waals surface area (Å²) in [7, 11) is 0. The lowest BCUT2D eigenvalue weighted by molar-refractivity contribution is -0.138. The molecule has 0 atom stereocenters. The smallest absolute Gasteiger partial charge is 0.303 e. The predicted octanol–water partition coefficient (Wildman–Crippen LogP) is 4.97. The van der Waals surface area contributed by atoms with Crippen molar-refractivity contribution in [3.63, 3.8) is 0 Å². The topological polar surface area (TPSA) is 106 Å². The van der Waals surface area contributed by atoms with Gasteiger partial charge in [-0.2, -0.15) is 0 Å². The molecule has 1 saturated carbocycles. The van der Waals surface area contributed by atoms with Gasteiger partial charge in [0.2, 0.25) is 0 Å². The molecule has 1 aliphatic rings. The number of amides is 1. The third-order valence-corrected chi connectivity index (χ3v) is 6.32. The van der Waals surface area contributed by atoms with E-state index in [9.17, 15) is 9.59 Å². The van der Waals surface area contributed by atoms with Crippen LogP contribution >= 0.6 is 0 Å². The van der Waals surface area contributed by atoms with E-state index in [1.807, 2.05) is 49.4 Å². The number of carbonyl (C=O) groups excluding carboxylic acids is 1. The highest BCUT2D eigenvalue weighted by Crippen LogP contribution is 2.37. The average molecular weight is 430 g/mol. The molecule has 1 amide bonds. The first kappa shape index (κ1) is 21.7. The Kier molecular flexibility index (Phi) is 6.30. The molecular formula is C26H27N3O3. The van der Waals surface area contributed by atoms with Crippen molar-refractivity contribution in [3.05, 3.63) is 71.5 Å². The van der Waals surface area contributed by atoms with Crippen molar-refractivity contribution in [2.45, 2.75) is 44.9 Å². The van der Waals surface area contributed by atoms with E-state index < -0.39 is 11.9 Å². The van der Waals surface area contributed by atoms with E-state index in [-0.39, 0.29) is 18.0 Å². The molecule has 0 spiro atoms. The largest absolute Gasteiger partial charge is 0.481 e. The first-order valence-electron chi connectivity index (χ1n) is 11.0. The van der Waals surface area contributed by atoms with Gasteiger partial charge >= 0.3 is 5.97 Å². The third kappa shape index (κ3) is 4.69. The summed E-state index contributed by atoms with van der Waals surface area (Å²) in [5.41, 5.74) is 10.6. The van der Waals surface area contributed by atoms with Gasteiger partial charge in [-0.3, -0.25) is 9.59 Å². The summed E-state index contributed by atoms with van der Waals surface area (Å²) in [6, 6.07) is 17.7. The molecule has 1 aliphatic carbocycles. The van der Waals surface area contributed by atoms with Crippen LogP contribution in [0.2, 0.25) is 0 Å². The minimum atomic E-state index is -0.706. The zero-order valence-corrected chi connectivity index (χ0v) is 18.1. The number of aliphatic carboxylic acids is 1. The number of benzene rings is 2. The van der Waals surface area contributed by atoms with Crippen LogP contribution in [0.5, 0.6) is 0 Å². The SMILES string of the molecule is Cc1nc(-c2ccccc2)c(C(N)=O)nc1-c1ccc(C2CCC(CC(=O)O)CC2)cc1. The number of nitrogens with two attached hydrogens (primary N) is 1. The summed E-state index contributed by atoms with van der Waals surface area (Å²) in [4.78, 5) is 32.4. The second-order valence-corrected chi connectivity index (χ2v) is 8.52. The molecule has 3 N–H and O–H groups in total. The molecule has 4 rings (SSSR count). The Balaban J connectivity index is 1.57. The second-order valence-electron chi connectivity index (χ2n) is 8.52. The van der Waals surface area contributed by atoms with Crippen molar-refractivity contribution in [1.82, 2.24) is 9.97 Å². The van der Waals surface area contributed by atoms with Crippen LogP contribution in [0.3, 0.4) is 0 Å². The minimum Gasteiger partial charge on any atom is -0.481 e. The fourth-order valence-electron chi connectivity index (χ4n) is 4.62. The Morgan fingerprint density at radius 1 is 0.906 bits per heavy atom. The molecule has 0 aliphatic heterocycles. The van der Waals surface area contributed by atoms with Crippen molar-refractivity contribution in [2.24, 2.45) is 11.7 Å². The van der Waals surface area contributed by atoms with Crippen molar-refractivity contribution in [2.75, 3.05) is 0 Å². The molecule has 2 aromatic carbocycles. The molecule has 32 heavy (non-hydrogen) atoms. The van der Waals surface area contributed by atoms with Gasteiger partial charge in [0.05, 0.1) is 11.4 Å². The van der Waals surface area contributed by atoms with Crippen LogP contribution in [0.4, 0.5) is 0 Å². The van der Waals surface area contributed by atoms with E-state index in [0.29, 0.717) is 17.3 Å². The maximum Gasteiger partial charge on any atom is 0.303 e. The van der Waals surface area contributed by atoms with Gasteiger partial charge in [-0.15, -0.1) is 0 Å². The van der Waals surface area contributed by atoms with Crippen molar-refractivity contribution >= 4 is 11.9 Å². The van der Waals surface area contributed by atoms with E-state index in [1.54, 1.807) is 0 Å². The Morgan fingerprint density at radius 2 is 1.53 bits per heavy atom. The number of nitrogens with zero attached hydrogens (tertiary/aromatic N) is 2. The normalized spacial score (nSPS) is 18.3. The highest BCUT2D eigenvalue weighted by Gasteiger charge is 2.24. The molecule has 164 valence electrons. The molecule has 1 heterocycles. The van der Waals surface area contributed by atoms with E-state index in [0.717, 1.165) is 42.5 Å². The molecule has 1 fully saturated rings. The maximum atomic E-state index is 12.1. The lowest BCUT2D eigenvalue weighted by atomic mass is 9.77. The van der Waals surface area contributed by atoms with Gasteiger partial charge in [-0.25, -0.2) is 9.97 Å². The fraction of sp³-hybridized carbons (Fsp3) is 0.308. The average Bonchev–Trinajstić information content (AvgIpc) is 2.79. The van der Waals surface area contributed by atoms with Crippen molar-refractivity contribution < 1.29 is 14.7 Å². The molecule has 0 bridgehead atoms. The van der Waals surface area contributed by atoms with E-state index in [2.05, 4.69) is 22.1 Å². The summed E-state index contributed by atoms with van der Waals surface area (Å²) in [6.07, 6.45) is 4.19. The number of aromatic nitrogens is 2. The molecule has 0 unspecified atom stereocenters. The number of aryl methyl sites for hydroxylation is 1. The van der Waals surface area contributed by atoms with E-state index >= 15 is 0 Å². The predicted molar refractivity (Wildman–Crippen MR) is 123 cm³/mol. The zero-order valence-electron chi connectivity index (χ0n) is 18.1. The Hall–Kier alpha value is -3.54. The van der Waals surface area contributed by atoms with Gasteiger partial charge in [-0.1, -0.05) is 54.6 Å². The van der Waals surface area contributed by atoms with Crippen molar-refractivity contribution in [1.29, 1.82) is 0 Å².